The van der Waals surface area contributed by atoms with Gasteiger partial charge in [-0.3, -0.25) is 14.4 Å². The predicted octanol–water partition coefficient (Wildman–Crippen LogP) is 15.9. The van der Waals surface area contributed by atoms with Crippen LogP contribution in [0.2, 0.25) is 0 Å². The molecule has 0 bridgehead atoms. The molecule has 1 unspecified atom stereocenters. The van der Waals surface area contributed by atoms with E-state index < -0.39 is 6.10 Å². The lowest BCUT2D eigenvalue weighted by atomic mass is 10.0. The highest BCUT2D eigenvalue weighted by Crippen LogP contribution is 2.15. The zero-order valence-electron chi connectivity index (χ0n) is 38.5. The molecule has 0 aliphatic heterocycles. The molecular formula is C53H90O6. The average Bonchev–Trinajstić information content (AvgIpc) is 3.23. The van der Waals surface area contributed by atoms with Crippen molar-refractivity contribution in [3.05, 3.63) is 72.9 Å². The van der Waals surface area contributed by atoms with E-state index in [4.69, 9.17) is 14.2 Å². The molecule has 6 nitrogen and oxygen atoms in total. The van der Waals surface area contributed by atoms with E-state index in [9.17, 15) is 14.4 Å². The molecule has 338 valence electrons. The number of carbonyl (C=O) groups is 3. The van der Waals surface area contributed by atoms with Crippen molar-refractivity contribution in [1.29, 1.82) is 0 Å². The van der Waals surface area contributed by atoms with E-state index in [-0.39, 0.29) is 37.5 Å². The highest BCUT2D eigenvalue weighted by Gasteiger charge is 2.19. The fraction of sp³-hybridized carbons (Fsp3) is 0.717. The van der Waals surface area contributed by atoms with E-state index in [1.165, 1.54) is 96.3 Å². The minimum Gasteiger partial charge on any atom is -0.462 e. The van der Waals surface area contributed by atoms with Crippen LogP contribution in [0.3, 0.4) is 0 Å². The third kappa shape index (κ3) is 45.8. The SMILES string of the molecule is CC\C=C/C=C\C=C/C=C\C=C/CCCCCC(=O)OC(COC(=O)CCCCCC/C=C\CCCC)COC(=O)CCCCCCCCCCCCCCCCCC. The van der Waals surface area contributed by atoms with E-state index in [1.807, 2.05) is 48.6 Å². The lowest BCUT2D eigenvalue weighted by Crippen LogP contribution is -2.30. The van der Waals surface area contributed by atoms with Crippen molar-refractivity contribution in [1.82, 2.24) is 0 Å². The molecule has 0 heterocycles. The Morgan fingerprint density at radius 1 is 0.356 bits per heavy atom. The number of hydrogen-bond acceptors (Lipinski definition) is 6. The molecule has 0 amide bonds. The Balaban J connectivity index is 4.43. The number of unbranched alkanes of at least 4 members (excludes halogenated alkanes) is 24. The highest BCUT2D eigenvalue weighted by molar-refractivity contribution is 5.71. The van der Waals surface area contributed by atoms with E-state index in [0.29, 0.717) is 19.3 Å². The first-order chi connectivity index (χ1) is 29.0. The van der Waals surface area contributed by atoms with Crippen LogP contribution < -0.4 is 0 Å². The Hall–Kier alpha value is -3.15. The second-order valence-electron chi connectivity index (χ2n) is 16.1. The molecule has 0 saturated carbocycles. The molecule has 0 aromatic heterocycles. The molecule has 0 aromatic carbocycles. The van der Waals surface area contributed by atoms with Gasteiger partial charge in [-0.05, 0) is 57.8 Å². The van der Waals surface area contributed by atoms with Crippen LogP contribution in [-0.2, 0) is 28.6 Å². The summed E-state index contributed by atoms with van der Waals surface area (Å²) in [6.07, 6.45) is 58.9. The third-order valence-electron chi connectivity index (χ3n) is 10.3. The van der Waals surface area contributed by atoms with Crippen molar-refractivity contribution >= 4 is 17.9 Å². The molecule has 0 aliphatic rings. The lowest BCUT2D eigenvalue weighted by molar-refractivity contribution is -0.167. The summed E-state index contributed by atoms with van der Waals surface area (Å²) < 4.78 is 16.7. The van der Waals surface area contributed by atoms with Gasteiger partial charge in [0.1, 0.15) is 13.2 Å². The molecule has 0 aromatic rings. The molecule has 6 heteroatoms. The second-order valence-corrected chi connectivity index (χ2v) is 16.1. The van der Waals surface area contributed by atoms with Crippen molar-refractivity contribution in [2.24, 2.45) is 0 Å². The van der Waals surface area contributed by atoms with E-state index in [0.717, 1.165) is 83.5 Å². The van der Waals surface area contributed by atoms with Crippen molar-refractivity contribution in [3.63, 3.8) is 0 Å². The Labute approximate surface area is 363 Å². The quantitative estimate of drug-likeness (QED) is 0.0200. The first kappa shape index (κ1) is 55.9. The Bertz CT molecular complexity index is 1130. The normalized spacial score (nSPS) is 12.7. The van der Waals surface area contributed by atoms with Crippen molar-refractivity contribution in [2.45, 2.75) is 232 Å². The number of hydrogen-bond donors (Lipinski definition) is 0. The maximum Gasteiger partial charge on any atom is 0.306 e. The van der Waals surface area contributed by atoms with Gasteiger partial charge in [0, 0.05) is 19.3 Å². The highest BCUT2D eigenvalue weighted by atomic mass is 16.6. The van der Waals surface area contributed by atoms with Gasteiger partial charge < -0.3 is 14.2 Å². The maximum atomic E-state index is 12.7. The van der Waals surface area contributed by atoms with Crippen molar-refractivity contribution < 1.29 is 28.6 Å². The molecule has 0 rings (SSSR count). The predicted molar refractivity (Wildman–Crippen MR) is 251 cm³/mol. The first-order valence-electron chi connectivity index (χ1n) is 24.5. The van der Waals surface area contributed by atoms with Crippen LogP contribution in [0.15, 0.2) is 72.9 Å². The summed E-state index contributed by atoms with van der Waals surface area (Å²) in [7, 11) is 0. The lowest BCUT2D eigenvalue weighted by Gasteiger charge is -2.18. The summed E-state index contributed by atoms with van der Waals surface area (Å²) in [4.78, 5) is 37.8. The molecule has 0 aliphatic carbocycles. The van der Waals surface area contributed by atoms with E-state index in [1.54, 1.807) is 0 Å². The van der Waals surface area contributed by atoms with Gasteiger partial charge in [-0.25, -0.2) is 0 Å². The summed E-state index contributed by atoms with van der Waals surface area (Å²) in [5.41, 5.74) is 0. The van der Waals surface area contributed by atoms with Crippen molar-refractivity contribution in [3.8, 4) is 0 Å². The zero-order chi connectivity index (χ0) is 43.0. The standard InChI is InChI=1S/C53H90O6/c1-4-7-10-13-16-19-22-24-26-28-29-31-34-37-40-43-46-52(55)58-49-50(48-57-51(54)45-42-39-36-33-21-18-15-12-9-6-3)59-53(56)47-44-41-38-35-32-30-27-25-23-20-17-14-11-8-5-2/h8,11,14-15,17-18,20,23,25,27,30,32,50H,4-7,9-10,12-13,16,19,21-22,24,26,28-29,31,33-49H2,1-3H3/b11-8-,17-14-,18-15-,23-20-,27-25-,32-30-. The van der Waals surface area contributed by atoms with Gasteiger partial charge in [0.05, 0.1) is 0 Å². The summed E-state index contributed by atoms with van der Waals surface area (Å²) >= 11 is 0. The summed E-state index contributed by atoms with van der Waals surface area (Å²) in [5.74, 6) is -0.952. The van der Waals surface area contributed by atoms with Gasteiger partial charge in [-0.2, -0.15) is 0 Å². The molecule has 0 radical (unpaired) electrons. The molecule has 0 N–H and O–H groups in total. The number of allylic oxidation sites excluding steroid dienone is 12. The van der Waals surface area contributed by atoms with Crippen LogP contribution in [0.5, 0.6) is 0 Å². The molecule has 59 heavy (non-hydrogen) atoms. The van der Waals surface area contributed by atoms with Gasteiger partial charge in [0.25, 0.3) is 0 Å². The summed E-state index contributed by atoms with van der Waals surface area (Å²) in [6.45, 7) is 6.40. The Morgan fingerprint density at radius 3 is 1.15 bits per heavy atom. The van der Waals surface area contributed by atoms with Crippen LogP contribution in [0.25, 0.3) is 0 Å². The number of esters is 3. The van der Waals surface area contributed by atoms with Crippen LogP contribution in [0.4, 0.5) is 0 Å². The minimum absolute atomic E-state index is 0.0951. The molecule has 0 saturated heterocycles. The number of ether oxygens (including phenoxy) is 3. The van der Waals surface area contributed by atoms with Gasteiger partial charge in [-0.15, -0.1) is 0 Å². The largest absolute Gasteiger partial charge is 0.462 e. The molecule has 0 fully saturated rings. The third-order valence-corrected chi connectivity index (χ3v) is 10.3. The Morgan fingerprint density at radius 2 is 0.695 bits per heavy atom. The number of carbonyl (C=O) groups excluding carboxylic acids is 3. The second kappa shape index (κ2) is 47.5. The van der Waals surface area contributed by atoms with Gasteiger partial charge in [-0.1, -0.05) is 222 Å². The maximum absolute atomic E-state index is 12.7. The smallest absolute Gasteiger partial charge is 0.306 e. The monoisotopic (exact) mass is 823 g/mol. The molecule has 1 atom stereocenters. The van der Waals surface area contributed by atoms with E-state index >= 15 is 0 Å². The first-order valence-corrected chi connectivity index (χ1v) is 24.5. The summed E-state index contributed by atoms with van der Waals surface area (Å²) in [5, 5.41) is 0. The minimum atomic E-state index is -0.798. The molecular weight excluding hydrogens is 733 g/mol. The van der Waals surface area contributed by atoms with Crippen LogP contribution in [0, 0.1) is 0 Å². The molecule has 0 spiro atoms. The van der Waals surface area contributed by atoms with Gasteiger partial charge in [0.15, 0.2) is 6.10 Å². The van der Waals surface area contributed by atoms with Gasteiger partial charge >= 0.3 is 17.9 Å². The van der Waals surface area contributed by atoms with Crippen LogP contribution in [0.1, 0.15) is 226 Å². The van der Waals surface area contributed by atoms with Gasteiger partial charge in [0.2, 0.25) is 0 Å². The zero-order valence-corrected chi connectivity index (χ0v) is 38.5. The van der Waals surface area contributed by atoms with E-state index in [2.05, 4.69) is 45.1 Å². The summed E-state index contributed by atoms with van der Waals surface area (Å²) in [6, 6.07) is 0. The Kier molecular flexibility index (Phi) is 45.0. The number of rotatable bonds is 43. The van der Waals surface area contributed by atoms with Crippen molar-refractivity contribution in [2.75, 3.05) is 13.2 Å². The average molecular weight is 823 g/mol. The fourth-order valence-corrected chi connectivity index (χ4v) is 6.62. The van der Waals surface area contributed by atoms with Crippen LogP contribution in [-0.4, -0.2) is 37.2 Å². The van der Waals surface area contributed by atoms with Crippen LogP contribution >= 0.6 is 0 Å². The topological polar surface area (TPSA) is 78.9 Å². The fourth-order valence-electron chi connectivity index (χ4n) is 6.62.